The van der Waals surface area contributed by atoms with Crippen LogP contribution >= 0.6 is 0 Å². The van der Waals surface area contributed by atoms with Crippen LogP contribution in [0.25, 0.3) is 0 Å². The van der Waals surface area contributed by atoms with Crippen molar-refractivity contribution >= 4 is 17.5 Å². The summed E-state index contributed by atoms with van der Waals surface area (Å²) in [6.07, 6.45) is 0. The molecule has 1 aliphatic rings. The van der Waals surface area contributed by atoms with Crippen LogP contribution in [0.2, 0.25) is 0 Å². The number of carbonyl (C=O) groups is 2. The molecule has 1 fully saturated rings. The molecule has 0 aromatic heterocycles. The van der Waals surface area contributed by atoms with E-state index in [2.05, 4.69) is 59.7 Å². The first-order chi connectivity index (χ1) is 17.4. The van der Waals surface area contributed by atoms with Crippen LogP contribution in [0.3, 0.4) is 0 Å². The number of anilines is 1. The maximum Gasteiger partial charge on any atom is 0.313 e. The lowest BCUT2D eigenvalue weighted by atomic mass is 10.3. The zero-order valence-corrected chi connectivity index (χ0v) is 23.2. The minimum atomic E-state index is -0.599. The van der Waals surface area contributed by atoms with Gasteiger partial charge in [0.25, 0.3) is 0 Å². The molecular weight excluding hydrogens is 456 g/mol. The molecule has 1 aromatic rings. The Morgan fingerprint density at radius 1 is 0.833 bits per heavy atom. The average Bonchev–Trinajstić information content (AvgIpc) is 2.90. The molecule has 1 heterocycles. The molecule has 1 aliphatic heterocycles. The van der Waals surface area contributed by atoms with Gasteiger partial charge in [0.1, 0.15) is 12.4 Å². The number of likely N-dealkylation sites (N-methyl/N-ethyl adjacent to an activating group) is 3. The van der Waals surface area contributed by atoms with E-state index in [0.717, 1.165) is 77.7 Å². The number of benzene rings is 1. The lowest BCUT2D eigenvalue weighted by Crippen LogP contribution is -2.46. The largest absolute Gasteiger partial charge is 0.492 e. The molecule has 1 aromatic carbocycles. The Morgan fingerprint density at radius 3 is 1.86 bits per heavy atom. The number of nitrogens with zero attached hydrogens (tertiary/aromatic N) is 5. The van der Waals surface area contributed by atoms with Gasteiger partial charge in [-0.2, -0.15) is 0 Å². The van der Waals surface area contributed by atoms with Crippen molar-refractivity contribution in [2.24, 2.45) is 0 Å². The van der Waals surface area contributed by atoms with Crippen molar-refractivity contribution in [1.82, 2.24) is 24.5 Å². The van der Waals surface area contributed by atoms with Crippen molar-refractivity contribution in [3.63, 3.8) is 0 Å². The topological polar surface area (TPSA) is 71.6 Å². The van der Waals surface area contributed by atoms with Gasteiger partial charge in [-0.15, -0.1) is 0 Å². The maximum atomic E-state index is 13.0. The van der Waals surface area contributed by atoms with Gasteiger partial charge in [0.15, 0.2) is 0 Å². The summed E-state index contributed by atoms with van der Waals surface area (Å²) in [5, 5.41) is 2.77. The minimum Gasteiger partial charge on any atom is -0.492 e. The Morgan fingerprint density at radius 2 is 1.36 bits per heavy atom. The predicted octanol–water partition coefficient (Wildman–Crippen LogP) is 1.76. The first-order valence-electron chi connectivity index (χ1n) is 13.6. The number of hydrogen-bond acceptors (Lipinski definition) is 7. The molecule has 2 rings (SSSR count). The molecule has 0 aliphatic carbocycles. The van der Waals surface area contributed by atoms with E-state index in [4.69, 9.17) is 4.74 Å². The van der Waals surface area contributed by atoms with Crippen LogP contribution < -0.4 is 10.1 Å². The summed E-state index contributed by atoms with van der Waals surface area (Å²) in [5.74, 6) is -0.326. The molecule has 9 heteroatoms. The van der Waals surface area contributed by atoms with Crippen molar-refractivity contribution in [1.29, 1.82) is 0 Å². The Kier molecular flexibility index (Phi) is 13.8. The molecule has 0 unspecified atom stereocenters. The van der Waals surface area contributed by atoms with Gasteiger partial charge >= 0.3 is 11.8 Å². The van der Waals surface area contributed by atoms with Crippen LogP contribution in [0.15, 0.2) is 24.3 Å². The van der Waals surface area contributed by atoms with Gasteiger partial charge in [-0.1, -0.05) is 27.7 Å². The van der Waals surface area contributed by atoms with Crippen LogP contribution in [0.1, 0.15) is 27.7 Å². The van der Waals surface area contributed by atoms with Crippen molar-refractivity contribution < 1.29 is 14.3 Å². The van der Waals surface area contributed by atoms with Crippen LogP contribution in [0.4, 0.5) is 5.69 Å². The number of hydrogen-bond donors (Lipinski definition) is 1. The third-order valence-electron chi connectivity index (χ3n) is 7.03. The third kappa shape index (κ3) is 10.4. The van der Waals surface area contributed by atoms with Crippen LogP contribution in [-0.2, 0) is 9.59 Å². The second-order valence-corrected chi connectivity index (χ2v) is 9.32. The predicted molar refractivity (Wildman–Crippen MR) is 147 cm³/mol. The number of piperazine rings is 1. The monoisotopic (exact) mass is 504 g/mol. The minimum absolute atomic E-state index is 0.484. The molecule has 204 valence electrons. The highest BCUT2D eigenvalue weighted by molar-refractivity contribution is 6.39. The molecule has 1 N–H and O–H groups in total. The summed E-state index contributed by atoms with van der Waals surface area (Å²) >= 11 is 0. The van der Waals surface area contributed by atoms with E-state index in [9.17, 15) is 9.59 Å². The maximum absolute atomic E-state index is 13.0. The van der Waals surface area contributed by atoms with Gasteiger partial charge in [0.2, 0.25) is 0 Å². The Balaban J connectivity index is 1.86. The molecule has 36 heavy (non-hydrogen) atoms. The summed E-state index contributed by atoms with van der Waals surface area (Å²) in [7, 11) is 2.15. The third-order valence-corrected chi connectivity index (χ3v) is 7.03. The smallest absolute Gasteiger partial charge is 0.313 e. The lowest BCUT2D eigenvalue weighted by molar-refractivity contribution is -0.143. The summed E-state index contributed by atoms with van der Waals surface area (Å²) in [6, 6.07) is 7.24. The molecule has 9 nitrogen and oxygen atoms in total. The summed E-state index contributed by atoms with van der Waals surface area (Å²) in [6.45, 7) is 20.6. The number of carbonyl (C=O) groups excluding carboxylic acids is 2. The number of ether oxygens (including phenoxy) is 1. The van der Waals surface area contributed by atoms with E-state index in [1.807, 2.05) is 12.1 Å². The van der Waals surface area contributed by atoms with E-state index in [1.165, 1.54) is 0 Å². The van der Waals surface area contributed by atoms with Crippen LogP contribution in [0, 0.1) is 0 Å². The molecule has 0 spiro atoms. The van der Waals surface area contributed by atoms with Crippen molar-refractivity contribution in [2.45, 2.75) is 27.7 Å². The Labute approximate surface area is 218 Å². The Bertz CT molecular complexity index is 743. The van der Waals surface area contributed by atoms with E-state index in [1.54, 1.807) is 17.0 Å². The molecule has 0 radical (unpaired) electrons. The van der Waals surface area contributed by atoms with E-state index in [0.29, 0.717) is 25.4 Å². The number of rotatable bonds is 15. The fourth-order valence-electron chi connectivity index (χ4n) is 4.25. The number of amides is 2. The van der Waals surface area contributed by atoms with E-state index >= 15 is 0 Å². The van der Waals surface area contributed by atoms with Crippen molar-refractivity contribution in [3.05, 3.63) is 24.3 Å². The highest BCUT2D eigenvalue weighted by atomic mass is 16.5. The van der Waals surface area contributed by atoms with Gasteiger partial charge in [-0.25, -0.2) is 0 Å². The normalized spacial score (nSPS) is 14.9. The van der Waals surface area contributed by atoms with E-state index in [-0.39, 0.29) is 0 Å². The van der Waals surface area contributed by atoms with Gasteiger partial charge in [-0.3, -0.25) is 14.5 Å². The summed E-state index contributed by atoms with van der Waals surface area (Å²) in [5.41, 5.74) is 0.590. The van der Waals surface area contributed by atoms with Gasteiger partial charge in [0.05, 0.1) is 0 Å². The first-order valence-corrected chi connectivity index (χ1v) is 13.6. The highest BCUT2D eigenvalue weighted by Gasteiger charge is 2.23. The van der Waals surface area contributed by atoms with Gasteiger partial charge in [0, 0.05) is 64.6 Å². The van der Waals surface area contributed by atoms with Crippen LogP contribution in [0.5, 0.6) is 5.75 Å². The number of nitrogens with one attached hydrogen (secondary N) is 1. The zero-order valence-electron chi connectivity index (χ0n) is 23.2. The summed E-state index contributed by atoms with van der Waals surface area (Å²) < 4.78 is 5.88. The molecule has 1 saturated heterocycles. The first kappa shape index (κ1) is 30.0. The molecule has 0 atom stereocenters. The molecule has 0 bridgehead atoms. The van der Waals surface area contributed by atoms with Gasteiger partial charge < -0.3 is 29.7 Å². The van der Waals surface area contributed by atoms with Crippen molar-refractivity contribution in [2.75, 3.05) is 104 Å². The zero-order chi connectivity index (χ0) is 26.3. The molecule has 0 saturated carbocycles. The Hall–Kier alpha value is -2.20. The van der Waals surface area contributed by atoms with Crippen LogP contribution in [-0.4, -0.2) is 135 Å². The average molecular weight is 505 g/mol. The fourth-order valence-corrected chi connectivity index (χ4v) is 4.25. The quantitative estimate of drug-likeness (QED) is 0.365. The SMILES string of the molecule is CCN(CC)CCN(CCN(CC)CC)C(=O)C(=O)Nc1ccc(OCCN2CCN(C)CC2)cc1. The fraction of sp³-hybridized carbons (Fsp3) is 0.704. The highest BCUT2D eigenvalue weighted by Crippen LogP contribution is 2.16. The van der Waals surface area contributed by atoms with Gasteiger partial charge in [-0.05, 0) is 57.5 Å². The molecule has 2 amide bonds. The second kappa shape index (κ2) is 16.5. The molecular formula is C27H48N6O3. The lowest BCUT2D eigenvalue weighted by Gasteiger charge is -2.32. The van der Waals surface area contributed by atoms with Crippen molar-refractivity contribution in [3.8, 4) is 5.75 Å². The standard InChI is InChI=1S/C27H48N6O3/c1-6-30(7-2)18-20-33(21-19-31(8-3)9-4)27(35)26(34)28-24-10-12-25(13-11-24)36-23-22-32-16-14-29(5)15-17-32/h10-13H,6-9,14-23H2,1-5H3,(H,28,34). The second-order valence-electron chi connectivity index (χ2n) is 9.32. The summed E-state index contributed by atoms with van der Waals surface area (Å²) in [4.78, 5) is 36.8. The van der Waals surface area contributed by atoms with E-state index < -0.39 is 11.8 Å².